The van der Waals surface area contributed by atoms with Crippen molar-refractivity contribution in [3.05, 3.63) is 40.7 Å². The number of nitrogens with zero attached hydrogens (tertiary/aromatic N) is 4. The summed E-state index contributed by atoms with van der Waals surface area (Å²) >= 11 is 3.86. The number of amides is 2. The second-order valence-electron chi connectivity index (χ2n) is 6.64. The van der Waals surface area contributed by atoms with Crippen LogP contribution in [0.4, 0.5) is 10.5 Å². The van der Waals surface area contributed by atoms with E-state index in [9.17, 15) is 18.4 Å². The molecule has 2 heterocycles. The van der Waals surface area contributed by atoms with Gasteiger partial charge in [0.2, 0.25) is 0 Å². The maximum atomic E-state index is 12.7. The number of aryl methyl sites for hydroxylation is 1. The van der Waals surface area contributed by atoms with Crippen molar-refractivity contribution < 1.29 is 23.1 Å². The molecule has 31 heavy (non-hydrogen) atoms. The van der Waals surface area contributed by atoms with Crippen LogP contribution in [0, 0.1) is 6.92 Å². The van der Waals surface area contributed by atoms with Gasteiger partial charge in [-0.3, -0.25) is 19.6 Å². The smallest absolute Gasteiger partial charge is 0.411 e. The molecule has 2 rings (SSSR count). The van der Waals surface area contributed by atoms with Gasteiger partial charge in [0, 0.05) is 12.7 Å². The number of nitrogens with one attached hydrogen (secondary N) is 1. The Hall–Kier alpha value is -2.50. The first-order chi connectivity index (χ1) is 14.8. The molecule has 0 spiro atoms. The zero-order chi connectivity index (χ0) is 23.0. The van der Waals surface area contributed by atoms with Crippen LogP contribution in [0.2, 0.25) is 5.02 Å². The number of hydrogen-bond acceptors (Lipinski definition) is 6. The number of ether oxygens (including phenoxy) is 1. The number of hydrogen-bond donors (Lipinski definition) is 2. The van der Waals surface area contributed by atoms with Crippen LogP contribution in [0.25, 0.3) is 0 Å². The van der Waals surface area contributed by atoms with Crippen LogP contribution >= 0.6 is 11.6 Å². The molecule has 2 N–H and O–H groups in total. The first-order valence-electron chi connectivity index (χ1n) is 9.81. The fourth-order valence-corrected chi connectivity index (χ4v) is 3.50. The predicted molar refractivity (Wildman–Crippen MR) is 117 cm³/mol. The predicted octanol–water partition coefficient (Wildman–Crippen LogP) is 3.63. The number of carbonyl (C=O) groups is 2. The average Bonchev–Trinajstić information content (AvgIpc) is 3.07. The number of rotatable bonds is 10. The van der Waals surface area contributed by atoms with Gasteiger partial charge in [-0.15, -0.1) is 0 Å². The molecule has 12 heteroatoms. The lowest BCUT2D eigenvalue weighted by atomic mass is 10.2. The SMILES string of the molecule is CCCCCN(C(=O)c1cn(Cc2ncc(NC(=O)OCC)cc2Cl)c(C)n1)S(=O)O. The molecule has 0 bridgehead atoms. The van der Waals surface area contributed by atoms with E-state index in [4.69, 9.17) is 16.3 Å². The Morgan fingerprint density at radius 2 is 2.10 bits per heavy atom. The van der Waals surface area contributed by atoms with Gasteiger partial charge in [0.1, 0.15) is 11.5 Å². The van der Waals surface area contributed by atoms with Crippen LogP contribution in [0.5, 0.6) is 0 Å². The minimum atomic E-state index is -2.43. The van der Waals surface area contributed by atoms with Gasteiger partial charge >= 0.3 is 6.09 Å². The van der Waals surface area contributed by atoms with E-state index in [1.807, 2.05) is 6.92 Å². The summed E-state index contributed by atoms with van der Waals surface area (Å²) in [4.78, 5) is 32.7. The molecular formula is C19H26ClN5O5S. The fraction of sp³-hybridized carbons (Fsp3) is 0.474. The minimum Gasteiger partial charge on any atom is -0.450 e. The van der Waals surface area contributed by atoms with Crippen LogP contribution < -0.4 is 5.32 Å². The van der Waals surface area contributed by atoms with Gasteiger partial charge in [-0.05, 0) is 26.3 Å². The summed E-state index contributed by atoms with van der Waals surface area (Å²) in [6.45, 7) is 6.05. The third kappa shape index (κ3) is 7.01. The fourth-order valence-electron chi connectivity index (χ4n) is 2.75. The van der Waals surface area contributed by atoms with Gasteiger partial charge in [-0.1, -0.05) is 31.4 Å². The molecule has 1 unspecified atom stereocenters. The Bertz CT molecular complexity index is 952. The number of unbranched alkanes of at least 4 members (excludes halogenated alkanes) is 2. The van der Waals surface area contributed by atoms with Gasteiger partial charge in [0.15, 0.2) is 0 Å². The lowest BCUT2D eigenvalue weighted by Gasteiger charge is -2.16. The molecule has 170 valence electrons. The topological polar surface area (TPSA) is 127 Å². The molecule has 0 saturated heterocycles. The summed E-state index contributed by atoms with van der Waals surface area (Å²) in [6, 6.07) is 1.55. The number of carbonyl (C=O) groups excluding carboxylic acids is 2. The van der Waals surface area contributed by atoms with Crippen molar-refractivity contribution in [2.24, 2.45) is 0 Å². The van der Waals surface area contributed by atoms with Gasteiger partial charge in [-0.25, -0.2) is 18.3 Å². The summed E-state index contributed by atoms with van der Waals surface area (Å²) < 4.78 is 28.5. The Morgan fingerprint density at radius 3 is 2.71 bits per heavy atom. The van der Waals surface area contributed by atoms with Crippen LogP contribution in [0.15, 0.2) is 18.5 Å². The zero-order valence-electron chi connectivity index (χ0n) is 17.6. The van der Waals surface area contributed by atoms with Crippen molar-refractivity contribution in [3.63, 3.8) is 0 Å². The van der Waals surface area contributed by atoms with Crippen molar-refractivity contribution in [2.45, 2.75) is 46.6 Å². The molecule has 0 saturated carbocycles. The van der Waals surface area contributed by atoms with Crippen molar-refractivity contribution in [3.8, 4) is 0 Å². The molecule has 0 aliphatic carbocycles. The van der Waals surface area contributed by atoms with Gasteiger partial charge in [-0.2, -0.15) is 0 Å². The molecule has 0 aliphatic rings. The Morgan fingerprint density at radius 1 is 1.35 bits per heavy atom. The van der Waals surface area contributed by atoms with Crippen molar-refractivity contribution in [1.82, 2.24) is 18.8 Å². The van der Waals surface area contributed by atoms with E-state index in [1.54, 1.807) is 24.5 Å². The number of aromatic nitrogens is 3. The van der Waals surface area contributed by atoms with Crippen LogP contribution in [-0.2, 0) is 22.5 Å². The van der Waals surface area contributed by atoms with E-state index in [0.29, 0.717) is 28.6 Å². The van der Waals surface area contributed by atoms with E-state index in [2.05, 4.69) is 15.3 Å². The molecule has 0 radical (unpaired) electrons. The van der Waals surface area contributed by atoms with Gasteiger partial charge < -0.3 is 9.30 Å². The highest BCUT2D eigenvalue weighted by Gasteiger charge is 2.23. The third-order valence-corrected chi connectivity index (χ3v) is 5.39. The number of pyridine rings is 1. The first kappa shape index (κ1) is 24.8. The zero-order valence-corrected chi connectivity index (χ0v) is 19.2. The second-order valence-corrected chi connectivity index (χ2v) is 7.95. The van der Waals surface area contributed by atoms with E-state index in [1.165, 1.54) is 12.4 Å². The minimum absolute atomic E-state index is 0.0631. The standard InChI is InChI=1S/C19H26ClN5O5S/c1-4-6-7-8-25(31(28)29)18(26)17-12-24(13(3)22-17)11-16-15(20)9-14(10-21-16)23-19(27)30-5-2/h9-10,12H,4-8,11H2,1-3H3,(H,23,27)(H,28,29). The van der Waals surface area contributed by atoms with Crippen LogP contribution in [0.1, 0.15) is 55.1 Å². The van der Waals surface area contributed by atoms with E-state index in [0.717, 1.165) is 17.1 Å². The van der Waals surface area contributed by atoms with Crippen LogP contribution in [-0.4, -0.2) is 52.8 Å². The summed E-state index contributed by atoms with van der Waals surface area (Å²) in [5.41, 5.74) is 0.952. The van der Waals surface area contributed by atoms with Crippen molar-refractivity contribution in [2.75, 3.05) is 18.5 Å². The largest absolute Gasteiger partial charge is 0.450 e. The monoisotopic (exact) mass is 471 g/mol. The maximum Gasteiger partial charge on any atom is 0.411 e. The lowest BCUT2D eigenvalue weighted by Crippen LogP contribution is -2.33. The molecule has 1 atom stereocenters. The molecule has 0 fully saturated rings. The molecular weight excluding hydrogens is 446 g/mol. The molecule has 2 aromatic heterocycles. The van der Waals surface area contributed by atoms with Gasteiger partial charge in [0.05, 0.1) is 35.8 Å². The second kappa shape index (κ2) is 11.8. The molecule has 2 amide bonds. The highest BCUT2D eigenvalue weighted by Crippen LogP contribution is 2.20. The average molecular weight is 472 g/mol. The quantitative estimate of drug-likeness (QED) is 0.400. The van der Waals surface area contributed by atoms with E-state index in [-0.39, 0.29) is 25.4 Å². The third-order valence-electron chi connectivity index (χ3n) is 4.33. The summed E-state index contributed by atoms with van der Waals surface area (Å²) in [5, 5.41) is 2.83. The molecule has 0 aliphatic heterocycles. The number of anilines is 1. The maximum absolute atomic E-state index is 12.7. The number of imidazole rings is 1. The Balaban J connectivity index is 2.14. The first-order valence-corrected chi connectivity index (χ1v) is 11.3. The van der Waals surface area contributed by atoms with Gasteiger partial charge in [0.25, 0.3) is 17.2 Å². The van der Waals surface area contributed by atoms with Crippen molar-refractivity contribution in [1.29, 1.82) is 0 Å². The normalized spacial score (nSPS) is 11.8. The highest BCUT2D eigenvalue weighted by molar-refractivity contribution is 7.77. The number of halogens is 1. The Labute approximate surface area is 188 Å². The van der Waals surface area contributed by atoms with Crippen molar-refractivity contribution >= 4 is 40.6 Å². The molecule has 0 aromatic carbocycles. The highest BCUT2D eigenvalue weighted by atomic mass is 35.5. The van der Waals surface area contributed by atoms with E-state index < -0.39 is 23.3 Å². The molecule has 2 aromatic rings. The summed E-state index contributed by atoms with van der Waals surface area (Å²) in [6.07, 6.45) is 4.74. The molecule has 10 nitrogen and oxygen atoms in total. The lowest BCUT2D eigenvalue weighted by molar-refractivity contribution is 0.0853. The van der Waals surface area contributed by atoms with Crippen LogP contribution in [0.3, 0.4) is 0 Å². The summed E-state index contributed by atoms with van der Waals surface area (Å²) in [5.74, 6) is -0.0981. The Kier molecular flexibility index (Phi) is 9.41. The van der Waals surface area contributed by atoms with E-state index >= 15 is 0 Å². The summed E-state index contributed by atoms with van der Waals surface area (Å²) in [7, 11) is 0.